The lowest BCUT2D eigenvalue weighted by Crippen LogP contribution is -2.14. The van der Waals surface area contributed by atoms with Crippen molar-refractivity contribution in [2.45, 2.75) is 25.3 Å². The van der Waals surface area contributed by atoms with Gasteiger partial charge in [0.25, 0.3) is 0 Å². The Labute approximate surface area is 103 Å². The highest BCUT2D eigenvalue weighted by Gasteiger charge is 2.35. The number of benzene rings is 1. The molecule has 1 rings (SSSR count). The fourth-order valence-corrected chi connectivity index (χ4v) is 2.99. The van der Waals surface area contributed by atoms with Gasteiger partial charge in [-0.2, -0.15) is 13.2 Å². The molecule has 0 aliphatic carbocycles. The summed E-state index contributed by atoms with van der Waals surface area (Å²) in [5, 5.41) is 0. The van der Waals surface area contributed by atoms with Crippen molar-refractivity contribution in [3.63, 3.8) is 0 Å². The van der Waals surface area contributed by atoms with E-state index in [1.165, 1.54) is 0 Å². The first-order chi connectivity index (χ1) is 8.17. The molecule has 0 aromatic heterocycles. The predicted octanol–water partition coefficient (Wildman–Crippen LogP) is 3.17. The van der Waals surface area contributed by atoms with Gasteiger partial charge in [0.2, 0.25) is 0 Å². The lowest BCUT2D eigenvalue weighted by Gasteiger charge is -2.11. The molecular weight excluding hydrogens is 272 g/mol. The largest absolute Gasteiger partial charge is 0.419 e. The van der Waals surface area contributed by atoms with Crippen molar-refractivity contribution in [3.8, 4) is 0 Å². The molecule has 0 bridgehead atoms. The SMILES string of the molecule is CCCS(=O)(=O)Cc1cccc(C(F)(F)F)c1F. The van der Waals surface area contributed by atoms with E-state index in [0.717, 1.165) is 12.1 Å². The van der Waals surface area contributed by atoms with Crippen LogP contribution >= 0.6 is 0 Å². The lowest BCUT2D eigenvalue weighted by atomic mass is 10.1. The second-order valence-corrected chi connectivity index (χ2v) is 6.05. The summed E-state index contributed by atoms with van der Waals surface area (Å²) in [6, 6.07) is 2.64. The summed E-state index contributed by atoms with van der Waals surface area (Å²) in [5.74, 6) is -2.40. The van der Waals surface area contributed by atoms with Gasteiger partial charge < -0.3 is 0 Å². The third kappa shape index (κ3) is 3.69. The molecular formula is C11H12F4O2S. The van der Waals surface area contributed by atoms with Gasteiger partial charge in [-0.1, -0.05) is 19.1 Å². The standard InChI is InChI=1S/C11H12F4O2S/c1-2-6-18(16,17)7-8-4-3-5-9(10(8)12)11(13,14)15/h3-5H,2,6-7H2,1H3. The van der Waals surface area contributed by atoms with Crippen LogP contribution in [0.15, 0.2) is 18.2 Å². The van der Waals surface area contributed by atoms with Crippen LogP contribution in [-0.4, -0.2) is 14.2 Å². The molecule has 7 heteroatoms. The normalized spacial score (nSPS) is 12.7. The third-order valence-corrected chi connectivity index (χ3v) is 4.06. The number of sulfone groups is 1. The fourth-order valence-electron chi connectivity index (χ4n) is 1.53. The summed E-state index contributed by atoms with van der Waals surface area (Å²) in [7, 11) is -3.58. The van der Waals surface area contributed by atoms with E-state index in [4.69, 9.17) is 0 Å². The molecule has 1 aromatic carbocycles. The van der Waals surface area contributed by atoms with Gasteiger partial charge in [-0.3, -0.25) is 0 Å². The highest BCUT2D eigenvalue weighted by atomic mass is 32.2. The average Bonchev–Trinajstić information content (AvgIpc) is 2.18. The van der Waals surface area contributed by atoms with Gasteiger partial charge in [-0.05, 0) is 12.5 Å². The van der Waals surface area contributed by atoms with Crippen LogP contribution in [0.3, 0.4) is 0 Å². The minimum Gasteiger partial charge on any atom is -0.228 e. The second kappa shape index (κ2) is 5.26. The molecule has 0 N–H and O–H groups in total. The molecule has 0 radical (unpaired) electrons. The average molecular weight is 284 g/mol. The van der Waals surface area contributed by atoms with Crippen LogP contribution < -0.4 is 0 Å². The number of rotatable bonds is 4. The van der Waals surface area contributed by atoms with Crippen molar-refractivity contribution in [1.29, 1.82) is 0 Å². The first-order valence-corrected chi connectivity index (χ1v) is 7.04. The molecule has 0 amide bonds. The van der Waals surface area contributed by atoms with Gasteiger partial charge in [0.1, 0.15) is 5.82 Å². The van der Waals surface area contributed by atoms with Crippen molar-refractivity contribution in [1.82, 2.24) is 0 Å². The Hall–Kier alpha value is -1.11. The summed E-state index contributed by atoms with van der Waals surface area (Å²) in [6.07, 6.45) is -4.49. The summed E-state index contributed by atoms with van der Waals surface area (Å²) < 4.78 is 73.7. The lowest BCUT2D eigenvalue weighted by molar-refractivity contribution is -0.140. The molecule has 18 heavy (non-hydrogen) atoms. The second-order valence-electron chi connectivity index (χ2n) is 3.87. The van der Waals surface area contributed by atoms with Gasteiger partial charge >= 0.3 is 6.18 Å². The topological polar surface area (TPSA) is 34.1 Å². The summed E-state index contributed by atoms with van der Waals surface area (Å²) in [6.45, 7) is 1.63. The maximum Gasteiger partial charge on any atom is 0.419 e. The molecule has 0 aliphatic heterocycles. The number of alkyl halides is 3. The molecule has 0 saturated carbocycles. The molecule has 0 unspecified atom stereocenters. The third-order valence-electron chi connectivity index (χ3n) is 2.27. The molecule has 0 saturated heterocycles. The van der Waals surface area contributed by atoms with E-state index in [9.17, 15) is 26.0 Å². The zero-order valence-electron chi connectivity index (χ0n) is 9.59. The highest BCUT2D eigenvalue weighted by Crippen LogP contribution is 2.32. The first-order valence-electron chi connectivity index (χ1n) is 5.22. The van der Waals surface area contributed by atoms with Crippen LogP contribution in [0, 0.1) is 5.82 Å². The number of hydrogen-bond donors (Lipinski definition) is 0. The van der Waals surface area contributed by atoms with Crippen LogP contribution in [0.1, 0.15) is 24.5 Å². The van der Waals surface area contributed by atoms with E-state index in [1.807, 2.05) is 0 Å². The Morgan fingerprint density at radius 2 is 1.83 bits per heavy atom. The van der Waals surface area contributed by atoms with Crippen molar-refractivity contribution < 1.29 is 26.0 Å². The van der Waals surface area contributed by atoms with Crippen molar-refractivity contribution >= 4 is 9.84 Å². The zero-order valence-corrected chi connectivity index (χ0v) is 10.4. The predicted molar refractivity (Wildman–Crippen MR) is 59.2 cm³/mol. The zero-order chi connectivity index (χ0) is 14.0. The molecule has 2 nitrogen and oxygen atoms in total. The van der Waals surface area contributed by atoms with Crippen LogP contribution in [-0.2, 0) is 21.8 Å². The van der Waals surface area contributed by atoms with Gasteiger partial charge in [-0.15, -0.1) is 0 Å². The molecule has 0 atom stereocenters. The minimum absolute atomic E-state index is 0.178. The van der Waals surface area contributed by atoms with Crippen LogP contribution in [0.25, 0.3) is 0 Å². The Bertz CT molecular complexity index is 520. The van der Waals surface area contributed by atoms with E-state index in [0.29, 0.717) is 12.5 Å². The Morgan fingerprint density at radius 1 is 1.22 bits per heavy atom. The van der Waals surface area contributed by atoms with E-state index >= 15 is 0 Å². The number of halogens is 4. The molecule has 0 heterocycles. The fraction of sp³-hybridized carbons (Fsp3) is 0.455. The number of hydrogen-bond acceptors (Lipinski definition) is 2. The molecule has 102 valence electrons. The van der Waals surface area contributed by atoms with E-state index in [-0.39, 0.29) is 5.75 Å². The summed E-state index contributed by atoms with van der Waals surface area (Å²) in [4.78, 5) is 0. The van der Waals surface area contributed by atoms with E-state index in [2.05, 4.69) is 0 Å². The van der Waals surface area contributed by atoms with Gasteiger partial charge in [0, 0.05) is 5.56 Å². The van der Waals surface area contributed by atoms with Crippen molar-refractivity contribution in [2.24, 2.45) is 0 Å². The van der Waals surface area contributed by atoms with E-state index in [1.54, 1.807) is 6.92 Å². The van der Waals surface area contributed by atoms with Gasteiger partial charge in [0.15, 0.2) is 9.84 Å². The summed E-state index contributed by atoms with van der Waals surface area (Å²) in [5.41, 5.74) is -1.88. The quantitative estimate of drug-likeness (QED) is 0.796. The van der Waals surface area contributed by atoms with Crippen LogP contribution in [0.5, 0.6) is 0 Å². The minimum atomic E-state index is -4.82. The van der Waals surface area contributed by atoms with Crippen molar-refractivity contribution in [3.05, 3.63) is 35.1 Å². The maximum absolute atomic E-state index is 13.6. The first kappa shape index (κ1) is 14.9. The molecule has 0 fully saturated rings. The molecule has 0 spiro atoms. The molecule has 0 aliphatic rings. The monoisotopic (exact) mass is 284 g/mol. The Kier molecular flexibility index (Phi) is 4.37. The van der Waals surface area contributed by atoms with Crippen molar-refractivity contribution in [2.75, 3.05) is 5.75 Å². The molecule has 1 aromatic rings. The van der Waals surface area contributed by atoms with Gasteiger partial charge in [0.05, 0.1) is 17.1 Å². The van der Waals surface area contributed by atoms with Crippen LogP contribution in [0.2, 0.25) is 0 Å². The Morgan fingerprint density at radius 3 is 2.33 bits per heavy atom. The van der Waals surface area contributed by atoms with Gasteiger partial charge in [-0.25, -0.2) is 12.8 Å². The maximum atomic E-state index is 13.6. The smallest absolute Gasteiger partial charge is 0.228 e. The highest BCUT2D eigenvalue weighted by molar-refractivity contribution is 7.90. The Balaban J connectivity index is 3.13. The van der Waals surface area contributed by atoms with E-state index < -0.39 is 38.7 Å². The van der Waals surface area contributed by atoms with Crippen LogP contribution in [0.4, 0.5) is 17.6 Å². The summed E-state index contributed by atoms with van der Waals surface area (Å²) >= 11 is 0.